The van der Waals surface area contributed by atoms with E-state index in [1.165, 1.54) is 23.5 Å². The molecule has 7 nitrogen and oxygen atoms in total. The van der Waals surface area contributed by atoms with Crippen molar-refractivity contribution >= 4 is 15.9 Å². The Morgan fingerprint density at radius 2 is 1.72 bits per heavy atom. The summed E-state index contributed by atoms with van der Waals surface area (Å²) >= 11 is 0. The first-order valence-electron chi connectivity index (χ1n) is 9.55. The third kappa shape index (κ3) is 4.89. The van der Waals surface area contributed by atoms with Gasteiger partial charge in [-0.25, -0.2) is 8.42 Å². The van der Waals surface area contributed by atoms with Crippen LogP contribution in [0.25, 0.3) is 0 Å². The summed E-state index contributed by atoms with van der Waals surface area (Å²) in [6, 6.07) is 12.1. The fraction of sp³-hybridized carbons (Fsp3) is 0.381. The van der Waals surface area contributed by atoms with Gasteiger partial charge in [0.1, 0.15) is 16.4 Å². The summed E-state index contributed by atoms with van der Waals surface area (Å²) in [6.07, 6.45) is 2.34. The van der Waals surface area contributed by atoms with Gasteiger partial charge in [0, 0.05) is 25.2 Å². The van der Waals surface area contributed by atoms with Gasteiger partial charge in [-0.2, -0.15) is 4.31 Å². The minimum atomic E-state index is -3.69. The Bertz CT molecular complexity index is 952. The molecule has 1 amide bonds. The highest BCUT2D eigenvalue weighted by atomic mass is 32.2. The van der Waals surface area contributed by atoms with Crippen LogP contribution in [0.2, 0.25) is 0 Å². The van der Waals surface area contributed by atoms with Gasteiger partial charge >= 0.3 is 0 Å². The number of rotatable bonds is 8. The van der Waals surface area contributed by atoms with E-state index in [1.807, 2.05) is 24.3 Å². The lowest BCUT2D eigenvalue weighted by Crippen LogP contribution is -2.29. The largest absolute Gasteiger partial charge is 0.497 e. The molecule has 2 aromatic rings. The summed E-state index contributed by atoms with van der Waals surface area (Å²) in [5, 5.41) is 2.84. The van der Waals surface area contributed by atoms with Crippen molar-refractivity contribution in [1.82, 2.24) is 9.62 Å². The fourth-order valence-corrected chi connectivity index (χ4v) is 5.00. The van der Waals surface area contributed by atoms with Gasteiger partial charge in [0.15, 0.2) is 0 Å². The summed E-state index contributed by atoms with van der Waals surface area (Å²) in [6.45, 7) is 1.42. The van der Waals surface area contributed by atoms with Crippen molar-refractivity contribution in [3.05, 3.63) is 53.6 Å². The van der Waals surface area contributed by atoms with Crippen molar-refractivity contribution in [3.8, 4) is 11.5 Å². The summed E-state index contributed by atoms with van der Waals surface area (Å²) in [7, 11) is -0.654. The predicted molar refractivity (Wildman–Crippen MR) is 110 cm³/mol. The van der Waals surface area contributed by atoms with Crippen LogP contribution in [0.1, 0.15) is 28.8 Å². The van der Waals surface area contributed by atoms with Gasteiger partial charge in [0.05, 0.1) is 14.2 Å². The number of sulfonamides is 1. The highest BCUT2D eigenvalue weighted by Gasteiger charge is 2.30. The Hall–Kier alpha value is -2.58. The van der Waals surface area contributed by atoms with E-state index in [0.29, 0.717) is 31.6 Å². The molecule has 0 aromatic heterocycles. The standard InChI is InChI=1S/C21H26N2O5S/c1-27-18-8-5-16(6-9-18)11-12-22-21(24)17-7-10-19(28-2)20(15-17)29(25,26)23-13-3-4-14-23/h5-10,15H,3-4,11-14H2,1-2H3,(H,22,24). The van der Waals surface area contributed by atoms with Crippen LogP contribution in [0.4, 0.5) is 0 Å². The molecular formula is C21H26N2O5S. The molecule has 0 atom stereocenters. The maximum atomic E-state index is 12.9. The molecule has 0 bridgehead atoms. The van der Waals surface area contributed by atoms with Gasteiger partial charge < -0.3 is 14.8 Å². The minimum Gasteiger partial charge on any atom is -0.497 e. The lowest BCUT2D eigenvalue weighted by Gasteiger charge is -2.18. The van der Waals surface area contributed by atoms with Gasteiger partial charge in [-0.15, -0.1) is 0 Å². The second-order valence-electron chi connectivity index (χ2n) is 6.83. The third-order valence-electron chi connectivity index (χ3n) is 4.97. The van der Waals surface area contributed by atoms with Gasteiger partial charge in [-0.3, -0.25) is 4.79 Å². The zero-order chi connectivity index (χ0) is 20.9. The van der Waals surface area contributed by atoms with E-state index in [0.717, 1.165) is 24.2 Å². The molecule has 0 unspecified atom stereocenters. The molecule has 29 heavy (non-hydrogen) atoms. The van der Waals surface area contributed by atoms with E-state index >= 15 is 0 Å². The van der Waals surface area contributed by atoms with Crippen LogP contribution in [-0.4, -0.2) is 52.5 Å². The molecule has 2 aromatic carbocycles. The van der Waals surface area contributed by atoms with Crippen molar-refractivity contribution < 1.29 is 22.7 Å². The van der Waals surface area contributed by atoms with Crippen LogP contribution in [-0.2, 0) is 16.4 Å². The number of hydrogen-bond donors (Lipinski definition) is 1. The van der Waals surface area contributed by atoms with Crippen LogP contribution >= 0.6 is 0 Å². The number of benzene rings is 2. The van der Waals surface area contributed by atoms with Crippen molar-refractivity contribution in [2.24, 2.45) is 0 Å². The van der Waals surface area contributed by atoms with Crippen molar-refractivity contribution in [1.29, 1.82) is 0 Å². The molecule has 1 aliphatic rings. The van der Waals surface area contributed by atoms with E-state index < -0.39 is 10.0 Å². The number of amides is 1. The summed E-state index contributed by atoms with van der Waals surface area (Å²) in [4.78, 5) is 12.6. The Balaban J connectivity index is 1.70. The van der Waals surface area contributed by atoms with Crippen molar-refractivity contribution in [2.75, 3.05) is 33.9 Å². The fourth-order valence-electron chi connectivity index (χ4n) is 3.30. The van der Waals surface area contributed by atoms with Crippen molar-refractivity contribution in [3.63, 3.8) is 0 Å². The van der Waals surface area contributed by atoms with E-state index in [2.05, 4.69) is 5.32 Å². The molecule has 0 aliphatic carbocycles. The highest BCUT2D eigenvalue weighted by Crippen LogP contribution is 2.29. The van der Waals surface area contributed by atoms with Gasteiger partial charge in [0.25, 0.3) is 5.91 Å². The average Bonchev–Trinajstić information content (AvgIpc) is 3.29. The third-order valence-corrected chi connectivity index (χ3v) is 6.89. The minimum absolute atomic E-state index is 0.0321. The second-order valence-corrected chi connectivity index (χ2v) is 8.74. The predicted octanol–water partition coefficient (Wildman–Crippen LogP) is 2.46. The maximum Gasteiger partial charge on any atom is 0.251 e. The SMILES string of the molecule is COc1ccc(CCNC(=O)c2ccc(OC)c(S(=O)(=O)N3CCCC3)c2)cc1. The molecule has 1 aliphatic heterocycles. The Kier molecular flexibility index (Phi) is 6.76. The van der Waals surface area contributed by atoms with Crippen LogP contribution in [0.3, 0.4) is 0 Å². The number of nitrogens with zero attached hydrogens (tertiary/aromatic N) is 1. The zero-order valence-electron chi connectivity index (χ0n) is 16.7. The Morgan fingerprint density at radius 1 is 1.03 bits per heavy atom. The van der Waals surface area contributed by atoms with E-state index in [4.69, 9.17) is 9.47 Å². The first-order chi connectivity index (χ1) is 14.0. The molecule has 3 rings (SSSR count). The number of carbonyl (C=O) groups excluding carboxylic acids is 1. The summed E-state index contributed by atoms with van der Waals surface area (Å²) < 4.78 is 37.7. The first-order valence-corrected chi connectivity index (χ1v) is 11.0. The quantitative estimate of drug-likeness (QED) is 0.712. The zero-order valence-corrected chi connectivity index (χ0v) is 17.5. The summed E-state index contributed by atoms with van der Waals surface area (Å²) in [5.41, 5.74) is 1.36. The van der Waals surface area contributed by atoms with Crippen LogP contribution in [0.15, 0.2) is 47.4 Å². The van der Waals surface area contributed by atoms with E-state index in [9.17, 15) is 13.2 Å². The monoisotopic (exact) mass is 418 g/mol. The average molecular weight is 419 g/mol. The smallest absolute Gasteiger partial charge is 0.251 e. The van der Waals surface area contributed by atoms with Gasteiger partial charge in [-0.05, 0) is 55.2 Å². The summed E-state index contributed by atoms with van der Waals surface area (Å²) in [5.74, 6) is 0.702. The molecular weight excluding hydrogens is 392 g/mol. The van der Waals surface area contributed by atoms with Crippen LogP contribution in [0, 0.1) is 0 Å². The molecule has 8 heteroatoms. The van der Waals surface area contributed by atoms with Crippen LogP contribution < -0.4 is 14.8 Å². The molecule has 0 spiro atoms. The topological polar surface area (TPSA) is 84.9 Å². The molecule has 1 heterocycles. The van der Waals surface area contributed by atoms with Crippen LogP contribution in [0.5, 0.6) is 11.5 Å². The molecule has 0 radical (unpaired) electrons. The molecule has 1 N–H and O–H groups in total. The molecule has 1 saturated heterocycles. The first kappa shape index (κ1) is 21.1. The highest BCUT2D eigenvalue weighted by molar-refractivity contribution is 7.89. The van der Waals surface area contributed by atoms with E-state index in [-0.39, 0.29) is 16.6 Å². The number of hydrogen-bond acceptors (Lipinski definition) is 5. The van der Waals surface area contributed by atoms with Gasteiger partial charge in [0.2, 0.25) is 10.0 Å². The van der Waals surface area contributed by atoms with Crippen molar-refractivity contribution in [2.45, 2.75) is 24.2 Å². The second kappa shape index (κ2) is 9.28. The number of nitrogens with one attached hydrogen (secondary N) is 1. The lowest BCUT2D eigenvalue weighted by molar-refractivity contribution is 0.0954. The molecule has 1 fully saturated rings. The molecule has 156 valence electrons. The lowest BCUT2D eigenvalue weighted by atomic mass is 10.1. The Morgan fingerprint density at radius 3 is 2.34 bits per heavy atom. The number of ether oxygens (including phenoxy) is 2. The molecule has 0 saturated carbocycles. The van der Waals surface area contributed by atoms with E-state index in [1.54, 1.807) is 13.2 Å². The maximum absolute atomic E-state index is 12.9. The van der Waals surface area contributed by atoms with Gasteiger partial charge in [-0.1, -0.05) is 12.1 Å². The normalized spacial score (nSPS) is 14.6. The number of carbonyl (C=O) groups is 1. The Labute approximate surface area is 171 Å². The number of methoxy groups -OCH3 is 2.